The van der Waals surface area contributed by atoms with Crippen LogP contribution in [0.5, 0.6) is 11.5 Å². The highest BCUT2D eigenvalue weighted by Crippen LogP contribution is 2.36. The summed E-state index contributed by atoms with van der Waals surface area (Å²) in [6.07, 6.45) is 0.462. The van der Waals surface area contributed by atoms with Crippen LogP contribution in [0.3, 0.4) is 0 Å². The van der Waals surface area contributed by atoms with Gasteiger partial charge in [-0.05, 0) is 26.3 Å². The summed E-state index contributed by atoms with van der Waals surface area (Å²) in [5, 5.41) is 11.8. The summed E-state index contributed by atoms with van der Waals surface area (Å²) in [4.78, 5) is 12.2. The molecule has 0 fully saturated rings. The van der Waals surface area contributed by atoms with Crippen molar-refractivity contribution in [2.24, 2.45) is 0 Å². The predicted molar refractivity (Wildman–Crippen MR) is 70.2 cm³/mol. The molecule has 0 unspecified atom stereocenters. The molecule has 1 aliphatic heterocycles. The largest absolute Gasteiger partial charge is 0.454 e. The molecule has 19 heavy (non-hydrogen) atoms. The second kappa shape index (κ2) is 4.97. The predicted octanol–water partition coefficient (Wildman–Crippen LogP) is 0.888. The van der Waals surface area contributed by atoms with E-state index in [1.807, 2.05) is 13.8 Å². The molecule has 4 N–H and O–H groups in total. The molecule has 0 radical (unpaired) electrons. The van der Waals surface area contributed by atoms with Crippen LogP contribution in [0, 0.1) is 0 Å². The molecular weight excluding hydrogens is 248 g/mol. The highest BCUT2D eigenvalue weighted by Gasteiger charge is 2.24. The van der Waals surface area contributed by atoms with Crippen LogP contribution in [-0.2, 0) is 0 Å². The first-order valence-corrected chi connectivity index (χ1v) is 6.05. The average molecular weight is 266 g/mol. The van der Waals surface area contributed by atoms with E-state index in [1.165, 1.54) is 0 Å². The molecule has 0 aliphatic carbocycles. The first-order valence-electron chi connectivity index (χ1n) is 6.05. The number of carbonyl (C=O) groups is 1. The average Bonchev–Trinajstić information content (AvgIpc) is 2.73. The van der Waals surface area contributed by atoms with Crippen LogP contribution in [0.15, 0.2) is 12.1 Å². The van der Waals surface area contributed by atoms with Gasteiger partial charge in [0.15, 0.2) is 11.5 Å². The minimum Gasteiger partial charge on any atom is -0.454 e. The van der Waals surface area contributed by atoms with Crippen molar-refractivity contribution in [3.63, 3.8) is 0 Å². The van der Waals surface area contributed by atoms with Crippen molar-refractivity contribution in [1.82, 2.24) is 5.32 Å². The van der Waals surface area contributed by atoms with Gasteiger partial charge in [-0.1, -0.05) is 0 Å². The molecule has 6 heteroatoms. The SMILES string of the molecule is CC(C)(CCO)NC(=O)c1cc2c(cc1N)OCO2. The van der Waals surface area contributed by atoms with E-state index in [4.69, 9.17) is 20.3 Å². The standard InChI is InChI=1S/C13H18N2O4/c1-13(2,3-4-16)15-12(17)8-5-10-11(6-9(8)14)19-7-18-10/h5-6,16H,3-4,7,14H2,1-2H3,(H,15,17). The number of aliphatic hydroxyl groups excluding tert-OH is 1. The Labute approximate surface area is 111 Å². The van der Waals surface area contributed by atoms with Gasteiger partial charge in [0, 0.05) is 23.9 Å². The maximum absolute atomic E-state index is 12.2. The minimum atomic E-state index is -0.505. The Morgan fingerprint density at radius 2 is 2.05 bits per heavy atom. The van der Waals surface area contributed by atoms with Crippen LogP contribution in [0.2, 0.25) is 0 Å². The molecule has 1 aliphatic rings. The van der Waals surface area contributed by atoms with Gasteiger partial charge < -0.3 is 25.6 Å². The van der Waals surface area contributed by atoms with Gasteiger partial charge in [0.1, 0.15) is 0 Å². The molecular formula is C13H18N2O4. The number of nitrogens with two attached hydrogens (primary N) is 1. The molecule has 1 heterocycles. The van der Waals surface area contributed by atoms with E-state index in [-0.39, 0.29) is 19.3 Å². The molecule has 6 nitrogen and oxygen atoms in total. The molecule has 0 spiro atoms. The fourth-order valence-corrected chi connectivity index (χ4v) is 1.87. The summed E-state index contributed by atoms with van der Waals surface area (Å²) in [5.74, 6) is 0.761. The van der Waals surface area contributed by atoms with Crippen LogP contribution in [0.25, 0.3) is 0 Å². The number of carbonyl (C=O) groups excluding carboxylic acids is 1. The fraction of sp³-hybridized carbons (Fsp3) is 0.462. The number of aliphatic hydroxyl groups is 1. The van der Waals surface area contributed by atoms with Crippen molar-refractivity contribution < 1.29 is 19.4 Å². The maximum Gasteiger partial charge on any atom is 0.253 e. The molecule has 1 amide bonds. The van der Waals surface area contributed by atoms with E-state index in [1.54, 1.807) is 12.1 Å². The van der Waals surface area contributed by atoms with Crippen LogP contribution in [0.4, 0.5) is 5.69 Å². The Kier molecular flexibility index (Phi) is 3.53. The molecule has 1 aromatic rings. The minimum absolute atomic E-state index is 0.00387. The first-order chi connectivity index (χ1) is 8.93. The maximum atomic E-state index is 12.2. The zero-order chi connectivity index (χ0) is 14.0. The third kappa shape index (κ3) is 2.90. The van der Waals surface area contributed by atoms with E-state index < -0.39 is 5.54 Å². The van der Waals surface area contributed by atoms with Crippen molar-refractivity contribution in [2.45, 2.75) is 25.8 Å². The summed E-state index contributed by atoms with van der Waals surface area (Å²) in [6, 6.07) is 3.15. The quantitative estimate of drug-likeness (QED) is 0.704. The van der Waals surface area contributed by atoms with E-state index in [2.05, 4.69) is 5.32 Å². The van der Waals surface area contributed by atoms with Gasteiger partial charge in [-0.3, -0.25) is 4.79 Å². The lowest BCUT2D eigenvalue weighted by atomic mass is 10.00. The van der Waals surface area contributed by atoms with Crippen LogP contribution in [-0.4, -0.2) is 30.0 Å². The Morgan fingerprint density at radius 3 is 2.68 bits per heavy atom. The van der Waals surface area contributed by atoms with E-state index in [9.17, 15) is 4.79 Å². The Morgan fingerprint density at radius 1 is 1.42 bits per heavy atom. The van der Waals surface area contributed by atoms with Crippen molar-refractivity contribution >= 4 is 11.6 Å². The summed E-state index contributed by atoms with van der Waals surface area (Å²) in [5.41, 5.74) is 6.01. The van der Waals surface area contributed by atoms with Crippen molar-refractivity contribution in [3.05, 3.63) is 17.7 Å². The normalized spacial score (nSPS) is 13.4. The Balaban J connectivity index is 2.20. The molecule has 0 atom stereocenters. The fourth-order valence-electron chi connectivity index (χ4n) is 1.87. The van der Waals surface area contributed by atoms with E-state index in [0.717, 1.165) is 0 Å². The van der Waals surface area contributed by atoms with Crippen molar-refractivity contribution in [3.8, 4) is 11.5 Å². The van der Waals surface area contributed by atoms with Gasteiger partial charge >= 0.3 is 0 Å². The third-order valence-corrected chi connectivity index (χ3v) is 2.98. The lowest BCUT2D eigenvalue weighted by Gasteiger charge is -2.25. The lowest BCUT2D eigenvalue weighted by Crippen LogP contribution is -2.44. The second-order valence-corrected chi connectivity index (χ2v) is 5.10. The van der Waals surface area contributed by atoms with Crippen LogP contribution >= 0.6 is 0 Å². The number of fused-ring (bicyclic) bond motifs is 1. The number of hydrogen-bond donors (Lipinski definition) is 3. The zero-order valence-corrected chi connectivity index (χ0v) is 11.0. The van der Waals surface area contributed by atoms with Gasteiger partial charge in [-0.25, -0.2) is 0 Å². The molecule has 0 bridgehead atoms. The molecule has 0 aromatic heterocycles. The van der Waals surface area contributed by atoms with Crippen molar-refractivity contribution in [1.29, 1.82) is 0 Å². The van der Waals surface area contributed by atoms with Gasteiger partial charge in [-0.2, -0.15) is 0 Å². The lowest BCUT2D eigenvalue weighted by molar-refractivity contribution is 0.0900. The van der Waals surface area contributed by atoms with Gasteiger partial charge in [-0.15, -0.1) is 0 Å². The molecule has 0 saturated heterocycles. The summed E-state index contributed by atoms with van der Waals surface area (Å²) >= 11 is 0. The highest BCUT2D eigenvalue weighted by atomic mass is 16.7. The number of anilines is 1. The second-order valence-electron chi connectivity index (χ2n) is 5.10. The third-order valence-electron chi connectivity index (χ3n) is 2.98. The molecule has 1 aromatic carbocycles. The smallest absolute Gasteiger partial charge is 0.253 e. The Hall–Kier alpha value is -1.95. The van der Waals surface area contributed by atoms with Gasteiger partial charge in [0.05, 0.1) is 5.56 Å². The highest BCUT2D eigenvalue weighted by molar-refractivity contribution is 6.00. The summed E-state index contributed by atoms with van der Waals surface area (Å²) in [7, 11) is 0. The van der Waals surface area contributed by atoms with E-state index >= 15 is 0 Å². The number of nitrogen functional groups attached to an aromatic ring is 1. The Bertz CT molecular complexity index is 500. The van der Waals surface area contributed by atoms with Crippen LogP contribution in [0.1, 0.15) is 30.6 Å². The van der Waals surface area contributed by atoms with Gasteiger partial charge in [0.25, 0.3) is 5.91 Å². The summed E-state index contributed by atoms with van der Waals surface area (Å²) in [6.45, 7) is 3.81. The number of hydrogen-bond acceptors (Lipinski definition) is 5. The van der Waals surface area contributed by atoms with Crippen LogP contribution < -0.4 is 20.5 Å². The molecule has 104 valence electrons. The number of nitrogens with one attached hydrogen (secondary N) is 1. The monoisotopic (exact) mass is 266 g/mol. The topological polar surface area (TPSA) is 93.8 Å². The summed E-state index contributed by atoms with van der Waals surface area (Å²) < 4.78 is 10.4. The molecule has 0 saturated carbocycles. The molecule has 2 rings (SSSR count). The van der Waals surface area contributed by atoms with Gasteiger partial charge in [0.2, 0.25) is 6.79 Å². The number of amides is 1. The first kappa shape index (κ1) is 13.5. The number of rotatable bonds is 4. The number of benzene rings is 1. The zero-order valence-electron chi connectivity index (χ0n) is 11.0. The number of ether oxygens (including phenoxy) is 2. The van der Waals surface area contributed by atoms with Crippen molar-refractivity contribution in [2.75, 3.05) is 19.1 Å². The van der Waals surface area contributed by atoms with E-state index in [0.29, 0.717) is 29.2 Å².